The van der Waals surface area contributed by atoms with Crippen LogP contribution in [0.15, 0.2) is 97.2 Å². The molecule has 0 aliphatic rings. The Morgan fingerprint density at radius 1 is 1.05 bits per heavy atom. The molecule has 1 amide bonds. The van der Waals surface area contributed by atoms with Gasteiger partial charge in [-0.05, 0) is 77.6 Å². The van der Waals surface area contributed by atoms with Gasteiger partial charge in [-0.3, -0.25) is 9.89 Å². The van der Waals surface area contributed by atoms with Gasteiger partial charge < -0.3 is 10.3 Å². The van der Waals surface area contributed by atoms with Crippen molar-refractivity contribution >= 4 is 33.3 Å². The third-order valence-corrected chi connectivity index (χ3v) is 6.55. The predicted octanol–water partition coefficient (Wildman–Crippen LogP) is 8.15. The van der Waals surface area contributed by atoms with Gasteiger partial charge in [0, 0.05) is 28.4 Å². The first-order valence-electron chi connectivity index (χ1n) is 13.0. The molecular weight excluding hydrogens is 487 g/mol. The summed E-state index contributed by atoms with van der Waals surface area (Å²) in [5.41, 5.74) is 7.93. The van der Waals surface area contributed by atoms with Gasteiger partial charge in [0.1, 0.15) is 11.5 Å². The van der Waals surface area contributed by atoms with Gasteiger partial charge in [0.2, 0.25) is 5.91 Å². The number of aromatic nitrogens is 3. The van der Waals surface area contributed by atoms with Crippen LogP contribution in [0.25, 0.3) is 49.9 Å². The van der Waals surface area contributed by atoms with E-state index in [1.54, 1.807) is 18.2 Å². The topological polar surface area (TPSA) is 73.6 Å². The molecule has 3 N–H and O–H groups in total. The molecule has 0 atom stereocenters. The van der Waals surface area contributed by atoms with Gasteiger partial charge in [-0.25, -0.2) is 4.39 Å². The highest BCUT2D eigenvalue weighted by Gasteiger charge is 2.15. The molecule has 6 heteroatoms. The minimum atomic E-state index is -0.266. The Morgan fingerprint density at radius 2 is 1.87 bits per heavy atom. The number of carbonyl (C=O) groups excluding carboxylic acids is 1. The molecule has 0 bridgehead atoms. The number of H-pyrrole nitrogens is 2. The van der Waals surface area contributed by atoms with Gasteiger partial charge in [-0.15, -0.1) is 0 Å². The highest BCUT2D eigenvalue weighted by molar-refractivity contribution is 6.01. The first-order chi connectivity index (χ1) is 18.8. The lowest BCUT2D eigenvalue weighted by Crippen LogP contribution is -2.22. The Labute approximate surface area is 227 Å². The summed E-state index contributed by atoms with van der Waals surface area (Å²) >= 11 is 0. The van der Waals surface area contributed by atoms with Crippen molar-refractivity contribution in [3.05, 3.63) is 109 Å². The van der Waals surface area contributed by atoms with Gasteiger partial charge in [-0.1, -0.05) is 62.9 Å². The summed E-state index contributed by atoms with van der Waals surface area (Å²) in [6, 6.07) is 20.8. The van der Waals surface area contributed by atoms with E-state index in [0.29, 0.717) is 6.42 Å². The summed E-state index contributed by atoms with van der Waals surface area (Å²) in [7, 11) is 0. The van der Waals surface area contributed by atoms with Gasteiger partial charge >= 0.3 is 0 Å². The van der Waals surface area contributed by atoms with E-state index in [9.17, 15) is 9.18 Å². The number of halogens is 1. The Morgan fingerprint density at radius 3 is 2.64 bits per heavy atom. The summed E-state index contributed by atoms with van der Waals surface area (Å²) in [6.45, 7) is 9.81. The van der Waals surface area contributed by atoms with Crippen molar-refractivity contribution in [1.82, 2.24) is 20.5 Å². The van der Waals surface area contributed by atoms with Crippen LogP contribution in [0.2, 0.25) is 0 Å². The highest BCUT2D eigenvalue weighted by atomic mass is 19.1. The average Bonchev–Trinajstić information content (AvgIpc) is 3.51. The maximum Gasteiger partial charge on any atom is 0.224 e. The van der Waals surface area contributed by atoms with E-state index >= 15 is 0 Å². The quantitative estimate of drug-likeness (QED) is 0.181. The molecule has 39 heavy (non-hydrogen) atoms. The summed E-state index contributed by atoms with van der Waals surface area (Å²) in [5, 5.41) is 12.7. The monoisotopic (exact) mass is 518 g/mol. The number of fused-ring (bicyclic) bond motifs is 2. The maximum absolute atomic E-state index is 13.9. The zero-order valence-electron chi connectivity index (χ0n) is 22.3. The number of carbonyl (C=O) groups is 1. The Hall–Kier alpha value is -4.71. The molecule has 3 aromatic carbocycles. The third kappa shape index (κ3) is 5.60. The third-order valence-electron chi connectivity index (χ3n) is 6.55. The molecule has 2 heterocycles. The highest BCUT2D eigenvalue weighted by Crippen LogP contribution is 2.35. The van der Waals surface area contributed by atoms with E-state index in [2.05, 4.69) is 39.2 Å². The van der Waals surface area contributed by atoms with Crippen LogP contribution in [0.4, 0.5) is 4.39 Å². The first-order valence-corrected chi connectivity index (χ1v) is 13.0. The fraction of sp³-hybridized carbons (Fsp3) is 0.152. The number of allylic oxidation sites excluding steroid dienone is 5. The number of aromatic amines is 2. The van der Waals surface area contributed by atoms with Crippen LogP contribution in [-0.4, -0.2) is 21.1 Å². The second-order valence-corrected chi connectivity index (χ2v) is 10.1. The number of benzene rings is 3. The molecule has 2 aromatic heterocycles. The number of rotatable bonds is 8. The van der Waals surface area contributed by atoms with Crippen LogP contribution >= 0.6 is 0 Å². The average molecular weight is 519 g/mol. The van der Waals surface area contributed by atoms with Crippen molar-refractivity contribution in [2.75, 3.05) is 0 Å². The predicted molar refractivity (Wildman–Crippen MR) is 158 cm³/mol. The van der Waals surface area contributed by atoms with E-state index in [4.69, 9.17) is 0 Å². The van der Waals surface area contributed by atoms with E-state index < -0.39 is 0 Å². The number of hydrogen-bond donors (Lipinski definition) is 3. The van der Waals surface area contributed by atoms with Crippen LogP contribution in [0.1, 0.15) is 32.8 Å². The van der Waals surface area contributed by atoms with Gasteiger partial charge in [0.15, 0.2) is 0 Å². The molecule has 0 aliphatic heterocycles. The number of nitrogens with zero attached hydrogens (tertiary/aromatic N) is 1. The molecule has 0 fully saturated rings. The van der Waals surface area contributed by atoms with Gasteiger partial charge in [0.05, 0.1) is 11.2 Å². The van der Waals surface area contributed by atoms with Crippen LogP contribution < -0.4 is 5.32 Å². The summed E-state index contributed by atoms with van der Waals surface area (Å²) in [5.74, 6) is 0.0245. The van der Waals surface area contributed by atoms with Crippen molar-refractivity contribution in [2.45, 2.75) is 27.2 Å². The first kappa shape index (κ1) is 25.9. The molecule has 196 valence electrons. The fourth-order valence-electron chi connectivity index (χ4n) is 4.86. The van der Waals surface area contributed by atoms with Crippen LogP contribution in [0, 0.1) is 11.7 Å². The second-order valence-electron chi connectivity index (χ2n) is 10.1. The van der Waals surface area contributed by atoms with Gasteiger partial charge in [0.25, 0.3) is 0 Å². The van der Waals surface area contributed by atoms with Crippen molar-refractivity contribution in [2.24, 2.45) is 5.92 Å². The Bertz CT molecular complexity index is 1750. The molecule has 0 saturated heterocycles. The van der Waals surface area contributed by atoms with Crippen molar-refractivity contribution < 1.29 is 9.18 Å². The van der Waals surface area contributed by atoms with E-state index in [0.717, 1.165) is 61.2 Å². The lowest BCUT2D eigenvalue weighted by molar-refractivity contribution is -0.121. The van der Waals surface area contributed by atoms with Crippen molar-refractivity contribution in [1.29, 1.82) is 0 Å². The zero-order valence-corrected chi connectivity index (χ0v) is 22.3. The fourth-order valence-corrected chi connectivity index (χ4v) is 4.86. The molecular formula is C33H31FN4O. The smallest absolute Gasteiger partial charge is 0.224 e. The number of amides is 1. The Kier molecular flexibility index (Phi) is 7.28. The molecule has 0 saturated carbocycles. The summed E-state index contributed by atoms with van der Waals surface area (Å²) < 4.78 is 13.9. The number of hydrogen-bond acceptors (Lipinski definition) is 2. The molecule has 5 aromatic rings. The molecule has 0 unspecified atom stereocenters. The standard InChI is InChI=1S/C33H31FN4O/c1-5-8-22(16-21(4)35-32(39)15-20(2)3)23-13-14-30-28(18-23)33(38-37-30)31-19-27-26(11-7-12-29(27)36-31)24-9-6-10-25(34)17-24/h5-14,16-20,36H,1,15H2,2-4H3,(H,35,39)(H,37,38)/b21-16+,22-8+. The Balaban J connectivity index is 1.54. The largest absolute Gasteiger partial charge is 0.353 e. The van der Waals surface area contributed by atoms with Crippen LogP contribution in [-0.2, 0) is 4.79 Å². The van der Waals surface area contributed by atoms with Crippen LogP contribution in [0.5, 0.6) is 0 Å². The summed E-state index contributed by atoms with van der Waals surface area (Å²) in [4.78, 5) is 15.8. The molecule has 0 aliphatic carbocycles. The lowest BCUT2D eigenvalue weighted by atomic mass is 10.00. The van der Waals surface area contributed by atoms with E-state index in [-0.39, 0.29) is 17.6 Å². The SMILES string of the molecule is C=C/C=C(\C=C(/C)NC(=O)CC(C)C)c1ccc2[nH]nc(-c3cc4c(-c5cccc(F)c5)cccc4[nH]3)c2c1. The zero-order chi connectivity index (χ0) is 27.5. The second kappa shape index (κ2) is 11.0. The lowest BCUT2D eigenvalue weighted by Gasteiger charge is -2.09. The molecule has 0 spiro atoms. The minimum Gasteiger partial charge on any atom is -0.353 e. The molecule has 5 rings (SSSR count). The summed E-state index contributed by atoms with van der Waals surface area (Å²) in [6.07, 6.45) is 6.09. The molecule has 0 radical (unpaired) electrons. The van der Waals surface area contributed by atoms with Crippen LogP contribution in [0.3, 0.4) is 0 Å². The van der Waals surface area contributed by atoms with E-state index in [1.165, 1.54) is 6.07 Å². The number of nitrogens with one attached hydrogen (secondary N) is 3. The maximum atomic E-state index is 13.9. The minimum absolute atomic E-state index is 0.000646. The molecule has 5 nitrogen and oxygen atoms in total. The van der Waals surface area contributed by atoms with Crippen molar-refractivity contribution in [3.63, 3.8) is 0 Å². The normalized spacial score (nSPS) is 12.4. The van der Waals surface area contributed by atoms with Crippen molar-refractivity contribution in [3.8, 4) is 22.5 Å². The van der Waals surface area contributed by atoms with E-state index in [1.807, 2.05) is 69.3 Å². The van der Waals surface area contributed by atoms with Gasteiger partial charge in [-0.2, -0.15) is 5.10 Å².